The number of carbonyl (C=O) groups excluding carboxylic acids is 1. The number of anilines is 1. The van der Waals surface area contributed by atoms with Crippen LogP contribution in [0.2, 0.25) is 0 Å². The van der Waals surface area contributed by atoms with Gasteiger partial charge in [-0.3, -0.25) is 4.79 Å². The topological polar surface area (TPSA) is 61.4 Å². The van der Waals surface area contributed by atoms with Crippen molar-refractivity contribution in [2.75, 3.05) is 18.5 Å². The highest BCUT2D eigenvalue weighted by atomic mass is 79.9. The average Bonchev–Trinajstić information content (AvgIpc) is 2.45. The highest BCUT2D eigenvalue weighted by molar-refractivity contribution is 9.10. The van der Waals surface area contributed by atoms with Gasteiger partial charge in [-0.1, -0.05) is 41.3 Å². The quantitative estimate of drug-likeness (QED) is 0.772. The van der Waals surface area contributed by atoms with E-state index in [1.54, 1.807) is 0 Å². The summed E-state index contributed by atoms with van der Waals surface area (Å²) in [6.07, 6.45) is 4.93. The molecular weight excluding hydrogens is 320 g/mol. The van der Waals surface area contributed by atoms with E-state index in [0.29, 0.717) is 6.54 Å². The van der Waals surface area contributed by atoms with E-state index < -0.39 is 5.54 Å². The molecule has 1 aromatic rings. The van der Waals surface area contributed by atoms with Crippen molar-refractivity contribution >= 4 is 27.5 Å². The minimum atomic E-state index is -0.547. The van der Waals surface area contributed by atoms with Crippen molar-refractivity contribution in [2.45, 2.75) is 37.6 Å². The lowest BCUT2D eigenvalue weighted by Crippen LogP contribution is -2.54. The van der Waals surface area contributed by atoms with Gasteiger partial charge < -0.3 is 15.7 Å². The van der Waals surface area contributed by atoms with Crippen LogP contribution in [0.4, 0.5) is 5.69 Å². The highest BCUT2D eigenvalue weighted by Crippen LogP contribution is 2.32. The number of carbonyl (C=O) groups is 1. The number of rotatable bonds is 5. The first kappa shape index (κ1) is 15.3. The molecule has 0 bridgehead atoms. The minimum Gasteiger partial charge on any atom is -0.395 e. The molecule has 20 heavy (non-hydrogen) atoms. The normalized spacial score (nSPS) is 17.5. The Bertz CT molecular complexity index is 459. The Hall–Kier alpha value is -1.07. The van der Waals surface area contributed by atoms with Crippen molar-refractivity contribution in [3.63, 3.8) is 0 Å². The number of benzene rings is 1. The zero-order chi connectivity index (χ0) is 14.4. The van der Waals surface area contributed by atoms with Crippen molar-refractivity contribution in [3.8, 4) is 0 Å². The van der Waals surface area contributed by atoms with E-state index in [1.807, 2.05) is 24.3 Å². The average molecular weight is 341 g/mol. The molecule has 110 valence electrons. The van der Waals surface area contributed by atoms with Crippen LogP contribution in [0.3, 0.4) is 0 Å². The maximum absolute atomic E-state index is 12.5. The third kappa shape index (κ3) is 3.73. The number of amides is 1. The molecule has 1 saturated carbocycles. The molecule has 3 N–H and O–H groups in total. The molecule has 0 aliphatic heterocycles. The Balaban J connectivity index is 2.16. The van der Waals surface area contributed by atoms with Crippen LogP contribution in [0.5, 0.6) is 0 Å². The summed E-state index contributed by atoms with van der Waals surface area (Å²) < 4.78 is 0.990. The summed E-state index contributed by atoms with van der Waals surface area (Å²) in [5, 5.41) is 15.1. The minimum absolute atomic E-state index is 0.00812. The van der Waals surface area contributed by atoms with E-state index in [4.69, 9.17) is 5.11 Å². The second-order valence-electron chi connectivity index (χ2n) is 5.26. The smallest absolute Gasteiger partial charge is 0.245 e. The molecule has 1 aromatic carbocycles. The monoisotopic (exact) mass is 340 g/mol. The Morgan fingerprint density at radius 1 is 1.30 bits per heavy atom. The molecule has 2 rings (SSSR count). The predicted octanol–water partition coefficient (Wildman–Crippen LogP) is 2.67. The van der Waals surface area contributed by atoms with Crippen molar-refractivity contribution in [3.05, 3.63) is 28.7 Å². The van der Waals surface area contributed by atoms with Crippen molar-refractivity contribution < 1.29 is 9.90 Å². The number of aliphatic hydroxyl groups excluding tert-OH is 1. The molecule has 0 spiro atoms. The maximum Gasteiger partial charge on any atom is 0.245 e. The molecule has 0 heterocycles. The number of aliphatic hydroxyl groups is 1. The van der Waals surface area contributed by atoms with Crippen LogP contribution in [-0.2, 0) is 4.79 Å². The molecular formula is C15H21BrN2O2. The highest BCUT2D eigenvalue weighted by Gasteiger charge is 2.39. The van der Waals surface area contributed by atoms with Crippen molar-refractivity contribution in [1.29, 1.82) is 0 Å². The lowest BCUT2D eigenvalue weighted by molar-refractivity contribution is -0.126. The Morgan fingerprint density at radius 3 is 2.70 bits per heavy atom. The summed E-state index contributed by atoms with van der Waals surface area (Å²) in [5.74, 6) is -0.00812. The second kappa shape index (κ2) is 7.09. The molecule has 1 fully saturated rings. The molecule has 1 aliphatic rings. The Morgan fingerprint density at radius 2 is 2.05 bits per heavy atom. The molecule has 0 atom stereocenters. The van der Waals surface area contributed by atoms with Gasteiger partial charge in [-0.25, -0.2) is 0 Å². The zero-order valence-corrected chi connectivity index (χ0v) is 13.1. The summed E-state index contributed by atoms with van der Waals surface area (Å²) in [4.78, 5) is 12.5. The second-order valence-corrected chi connectivity index (χ2v) is 6.17. The van der Waals surface area contributed by atoms with Crippen LogP contribution in [0.25, 0.3) is 0 Å². The van der Waals surface area contributed by atoms with E-state index in [2.05, 4.69) is 26.6 Å². The fourth-order valence-corrected chi connectivity index (χ4v) is 3.14. The van der Waals surface area contributed by atoms with Gasteiger partial charge in [-0.2, -0.15) is 0 Å². The molecule has 0 saturated heterocycles. The number of hydrogen-bond acceptors (Lipinski definition) is 3. The first-order valence-electron chi connectivity index (χ1n) is 7.09. The predicted molar refractivity (Wildman–Crippen MR) is 83.7 cm³/mol. The Labute approximate surface area is 128 Å². The Kier molecular flexibility index (Phi) is 5.43. The van der Waals surface area contributed by atoms with Gasteiger partial charge in [-0.05, 0) is 31.0 Å². The third-order valence-electron chi connectivity index (χ3n) is 3.75. The lowest BCUT2D eigenvalue weighted by atomic mass is 9.80. The van der Waals surface area contributed by atoms with Crippen LogP contribution in [-0.4, -0.2) is 29.7 Å². The van der Waals surface area contributed by atoms with Gasteiger partial charge in [0.15, 0.2) is 0 Å². The van der Waals surface area contributed by atoms with Gasteiger partial charge in [-0.15, -0.1) is 0 Å². The van der Waals surface area contributed by atoms with E-state index in [1.165, 1.54) is 6.42 Å². The summed E-state index contributed by atoms with van der Waals surface area (Å²) in [7, 11) is 0. The summed E-state index contributed by atoms with van der Waals surface area (Å²) in [6.45, 7) is 0.277. The van der Waals surface area contributed by atoms with Crippen molar-refractivity contribution in [2.24, 2.45) is 0 Å². The number of halogens is 1. The zero-order valence-electron chi connectivity index (χ0n) is 11.5. The van der Waals surface area contributed by atoms with Crippen LogP contribution in [0, 0.1) is 0 Å². The van der Waals surface area contributed by atoms with Gasteiger partial charge in [0, 0.05) is 16.7 Å². The molecule has 0 unspecified atom stereocenters. The maximum atomic E-state index is 12.5. The molecule has 5 heteroatoms. The first-order valence-corrected chi connectivity index (χ1v) is 7.88. The summed E-state index contributed by atoms with van der Waals surface area (Å²) in [5.41, 5.74) is 0.397. The van der Waals surface area contributed by atoms with E-state index in [0.717, 1.165) is 35.8 Å². The van der Waals surface area contributed by atoms with Crippen LogP contribution in [0.1, 0.15) is 32.1 Å². The lowest BCUT2D eigenvalue weighted by Gasteiger charge is -2.37. The fourth-order valence-electron chi connectivity index (χ4n) is 2.75. The number of nitrogens with one attached hydrogen (secondary N) is 2. The standard InChI is InChI=1S/C15H21BrN2O2/c16-12-5-4-6-13(11-12)18-15(7-2-1-3-8-15)14(20)17-9-10-19/h4-6,11,18-19H,1-3,7-10H2,(H,17,20). The number of hydrogen-bond donors (Lipinski definition) is 3. The van der Waals surface area contributed by atoms with Gasteiger partial charge in [0.25, 0.3) is 0 Å². The van der Waals surface area contributed by atoms with Gasteiger partial charge in [0.2, 0.25) is 5.91 Å². The molecule has 1 aliphatic carbocycles. The molecule has 4 nitrogen and oxygen atoms in total. The molecule has 0 aromatic heterocycles. The van der Waals surface area contributed by atoms with Gasteiger partial charge >= 0.3 is 0 Å². The summed E-state index contributed by atoms with van der Waals surface area (Å²) >= 11 is 3.45. The van der Waals surface area contributed by atoms with Crippen LogP contribution in [0.15, 0.2) is 28.7 Å². The van der Waals surface area contributed by atoms with Gasteiger partial charge in [0.05, 0.1) is 6.61 Å². The van der Waals surface area contributed by atoms with Crippen molar-refractivity contribution in [1.82, 2.24) is 5.32 Å². The summed E-state index contributed by atoms with van der Waals surface area (Å²) in [6, 6.07) is 7.87. The molecule has 1 amide bonds. The first-order chi connectivity index (χ1) is 9.66. The van der Waals surface area contributed by atoms with E-state index in [-0.39, 0.29) is 12.5 Å². The fraction of sp³-hybridized carbons (Fsp3) is 0.533. The third-order valence-corrected chi connectivity index (χ3v) is 4.24. The van der Waals surface area contributed by atoms with E-state index >= 15 is 0 Å². The van der Waals surface area contributed by atoms with Crippen LogP contribution >= 0.6 is 15.9 Å². The largest absolute Gasteiger partial charge is 0.395 e. The molecule has 0 radical (unpaired) electrons. The SMILES string of the molecule is O=C(NCCO)C1(Nc2cccc(Br)c2)CCCCC1. The van der Waals surface area contributed by atoms with Crippen LogP contribution < -0.4 is 10.6 Å². The van der Waals surface area contributed by atoms with Gasteiger partial charge in [0.1, 0.15) is 5.54 Å². The van der Waals surface area contributed by atoms with E-state index in [9.17, 15) is 4.79 Å².